The molecule has 0 spiro atoms. The molecule has 1 aliphatic heterocycles. The minimum atomic E-state index is 0.451. The van der Waals surface area contributed by atoms with Crippen LogP contribution >= 0.6 is 0 Å². The third kappa shape index (κ3) is 4.09. The van der Waals surface area contributed by atoms with Gasteiger partial charge >= 0.3 is 0 Å². The van der Waals surface area contributed by atoms with E-state index in [9.17, 15) is 0 Å². The largest absolute Gasteiger partial charge is 0.376 e. The van der Waals surface area contributed by atoms with E-state index < -0.39 is 0 Å². The van der Waals surface area contributed by atoms with Crippen molar-refractivity contribution < 1.29 is 4.74 Å². The minimum Gasteiger partial charge on any atom is -0.376 e. The van der Waals surface area contributed by atoms with Crippen molar-refractivity contribution in [2.75, 3.05) is 39.3 Å². The van der Waals surface area contributed by atoms with Gasteiger partial charge in [-0.05, 0) is 31.7 Å². The Hall–Kier alpha value is -0.120. The minimum absolute atomic E-state index is 0.451. The number of ether oxygens (including phenoxy) is 1. The van der Waals surface area contributed by atoms with Gasteiger partial charge in [-0.2, -0.15) is 0 Å². The lowest BCUT2D eigenvalue weighted by Crippen LogP contribution is -2.40. The number of hydrogen-bond donors (Lipinski definition) is 1. The van der Waals surface area contributed by atoms with Crippen molar-refractivity contribution in [1.82, 2.24) is 10.2 Å². The molecule has 2 aliphatic rings. The summed E-state index contributed by atoms with van der Waals surface area (Å²) in [5, 5.41) is 3.39. The van der Waals surface area contributed by atoms with E-state index in [0.717, 1.165) is 25.6 Å². The SMILES string of the molecule is CCN(CCC1CNCCO1)CC1CC1. The first-order valence-electron chi connectivity index (χ1n) is 6.43. The first kappa shape index (κ1) is 11.4. The predicted molar refractivity (Wildman–Crippen MR) is 62.1 cm³/mol. The van der Waals surface area contributed by atoms with Gasteiger partial charge in [0.25, 0.3) is 0 Å². The highest BCUT2D eigenvalue weighted by molar-refractivity contribution is 4.78. The van der Waals surface area contributed by atoms with E-state index in [1.165, 1.54) is 38.9 Å². The number of nitrogens with zero attached hydrogens (tertiary/aromatic N) is 1. The van der Waals surface area contributed by atoms with Crippen molar-refractivity contribution in [2.24, 2.45) is 5.92 Å². The van der Waals surface area contributed by atoms with Gasteiger partial charge in [-0.1, -0.05) is 6.92 Å². The van der Waals surface area contributed by atoms with Crippen LogP contribution in [0.2, 0.25) is 0 Å². The Morgan fingerprint density at radius 2 is 2.27 bits per heavy atom. The molecule has 1 heterocycles. The van der Waals surface area contributed by atoms with E-state index in [2.05, 4.69) is 17.1 Å². The molecule has 0 aromatic rings. The van der Waals surface area contributed by atoms with E-state index >= 15 is 0 Å². The lowest BCUT2D eigenvalue weighted by molar-refractivity contribution is 0.0174. The maximum atomic E-state index is 5.70. The lowest BCUT2D eigenvalue weighted by Gasteiger charge is -2.27. The van der Waals surface area contributed by atoms with Gasteiger partial charge < -0.3 is 15.0 Å². The molecule has 1 saturated heterocycles. The zero-order valence-electron chi connectivity index (χ0n) is 9.87. The molecule has 3 heteroatoms. The normalized spacial score (nSPS) is 27.2. The second-order valence-electron chi connectivity index (χ2n) is 4.82. The van der Waals surface area contributed by atoms with Crippen LogP contribution in [0.3, 0.4) is 0 Å². The molecule has 2 rings (SSSR count). The van der Waals surface area contributed by atoms with Gasteiger partial charge in [0.1, 0.15) is 0 Å². The Labute approximate surface area is 93.2 Å². The standard InChI is InChI=1S/C12H24N2O/c1-2-14(10-11-3-4-11)7-5-12-9-13-6-8-15-12/h11-13H,2-10H2,1H3. The van der Waals surface area contributed by atoms with E-state index in [1.807, 2.05) is 0 Å². The quantitative estimate of drug-likeness (QED) is 0.713. The van der Waals surface area contributed by atoms with Gasteiger partial charge in [-0.3, -0.25) is 0 Å². The zero-order chi connectivity index (χ0) is 10.5. The van der Waals surface area contributed by atoms with Gasteiger partial charge in [-0.15, -0.1) is 0 Å². The van der Waals surface area contributed by atoms with Crippen LogP contribution in [0.4, 0.5) is 0 Å². The summed E-state index contributed by atoms with van der Waals surface area (Å²) in [7, 11) is 0. The summed E-state index contributed by atoms with van der Waals surface area (Å²) in [5.41, 5.74) is 0. The molecule has 88 valence electrons. The van der Waals surface area contributed by atoms with Crippen LogP contribution in [0.25, 0.3) is 0 Å². The average molecular weight is 212 g/mol. The van der Waals surface area contributed by atoms with Crippen molar-refractivity contribution in [3.05, 3.63) is 0 Å². The zero-order valence-corrected chi connectivity index (χ0v) is 9.87. The van der Waals surface area contributed by atoms with E-state index in [1.54, 1.807) is 0 Å². The molecule has 15 heavy (non-hydrogen) atoms. The Balaban J connectivity index is 1.60. The molecular weight excluding hydrogens is 188 g/mol. The fraction of sp³-hybridized carbons (Fsp3) is 1.00. The van der Waals surface area contributed by atoms with E-state index in [0.29, 0.717) is 6.10 Å². The molecule has 0 radical (unpaired) electrons. The molecule has 1 atom stereocenters. The van der Waals surface area contributed by atoms with Gasteiger partial charge in [0.05, 0.1) is 12.7 Å². The first-order valence-corrected chi connectivity index (χ1v) is 6.43. The first-order chi connectivity index (χ1) is 7.38. The third-order valence-electron chi connectivity index (χ3n) is 3.43. The monoisotopic (exact) mass is 212 g/mol. The van der Waals surface area contributed by atoms with Crippen LogP contribution in [0.5, 0.6) is 0 Å². The van der Waals surface area contributed by atoms with Crippen molar-refractivity contribution in [2.45, 2.75) is 32.3 Å². The average Bonchev–Trinajstić information content (AvgIpc) is 3.09. The van der Waals surface area contributed by atoms with Gasteiger partial charge in [0.2, 0.25) is 0 Å². The van der Waals surface area contributed by atoms with Crippen LogP contribution in [0.1, 0.15) is 26.2 Å². The van der Waals surface area contributed by atoms with Crippen LogP contribution < -0.4 is 5.32 Å². The molecule has 1 saturated carbocycles. The van der Waals surface area contributed by atoms with Crippen molar-refractivity contribution in [3.8, 4) is 0 Å². The number of nitrogens with one attached hydrogen (secondary N) is 1. The van der Waals surface area contributed by atoms with E-state index in [-0.39, 0.29) is 0 Å². The highest BCUT2D eigenvalue weighted by Crippen LogP contribution is 2.29. The highest BCUT2D eigenvalue weighted by atomic mass is 16.5. The number of morpholine rings is 1. The van der Waals surface area contributed by atoms with Gasteiger partial charge in [0.15, 0.2) is 0 Å². The second kappa shape index (κ2) is 5.83. The fourth-order valence-corrected chi connectivity index (χ4v) is 2.18. The van der Waals surface area contributed by atoms with Crippen molar-refractivity contribution in [1.29, 1.82) is 0 Å². The Kier molecular flexibility index (Phi) is 4.42. The summed E-state index contributed by atoms with van der Waals surface area (Å²) >= 11 is 0. The maximum Gasteiger partial charge on any atom is 0.0712 e. The second-order valence-corrected chi connectivity index (χ2v) is 4.82. The Morgan fingerprint density at radius 1 is 1.40 bits per heavy atom. The summed E-state index contributed by atoms with van der Waals surface area (Å²) in [4.78, 5) is 2.58. The highest BCUT2D eigenvalue weighted by Gasteiger charge is 2.24. The predicted octanol–water partition coefficient (Wildman–Crippen LogP) is 1.10. The summed E-state index contributed by atoms with van der Waals surface area (Å²) in [5.74, 6) is 1.01. The Bertz CT molecular complexity index is 176. The van der Waals surface area contributed by atoms with Gasteiger partial charge in [0, 0.05) is 26.2 Å². The lowest BCUT2D eigenvalue weighted by atomic mass is 10.2. The topological polar surface area (TPSA) is 24.5 Å². The number of rotatable bonds is 6. The van der Waals surface area contributed by atoms with E-state index in [4.69, 9.17) is 4.74 Å². The van der Waals surface area contributed by atoms with Crippen LogP contribution in [-0.4, -0.2) is 50.3 Å². The van der Waals surface area contributed by atoms with Crippen LogP contribution in [-0.2, 0) is 4.74 Å². The van der Waals surface area contributed by atoms with Crippen LogP contribution in [0.15, 0.2) is 0 Å². The summed E-state index contributed by atoms with van der Waals surface area (Å²) in [6.07, 6.45) is 4.55. The molecule has 0 aromatic heterocycles. The Morgan fingerprint density at radius 3 is 2.87 bits per heavy atom. The molecule has 0 aromatic carbocycles. The fourth-order valence-electron chi connectivity index (χ4n) is 2.18. The molecule has 1 unspecified atom stereocenters. The molecule has 3 nitrogen and oxygen atoms in total. The summed E-state index contributed by atoms with van der Waals surface area (Å²) in [6.45, 7) is 8.94. The number of hydrogen-bond acceptors (Lipinski definition) is 3. The summed E-state index contributed by atoms with van der Waals surface area (Å²) in [6, 6.07) is 0. The third-order valence-corrected chi connectivity index (χ3v) is 3.43. The maximum absolute atomic E-state index is 5.70. The molecule has 0 amide bonds. The molecule has 2 fully saturated rings. The molecular formula is C12H24N2O. The summed E-state index contributed by atoms with van der Waals surface area (Å²) < 4.78 is 5.70. The van der Waals surface area contributed by atoms with Crippen molar-refractivity contribution >= 4 is 0 Å². The molecule has 0 bridgehead atoms. The van der Waals surface area contributed by atoms with Crippen LogP contribution in [0, 0.1) is 5.92 Å². The molecule has 1 N–H and O–H groups in total. The smallest absolute Gasteiger partial charge is 0.0712 e. The van der Waals surface area contributed by atoms with Gasteiger partial charge in [-0.25, -0.2) is 0 Å². The molecule has 1 aliphatic carbocycles. The van der Waals surface area contributed by atoms with Crippen molar-refractivity contribution in [3.63, 3.8) is 0 Å².